The third-order valence-electron chi connectivity index (χ3n) is 2.06. The zero-order valence-electron chi connectivity index (χ0n) is 8.76. The number of halogens is 1. The summed E-state index contributed by atoms with van der Waals surface area (Å²) in [5, 5.41) is 4.23. The summed E-state index contributed by atoms with van der Waals surface area (Å²) >= 11 is 3.45. The molecule has 4 nitrogen and oxygen atoms in total. The number of hydrogen-bond donors (Lipinski definition) is 1. The number of imidazole rings is 1. The first-order valence-corrected chi connectivity index (χ1v) is 5.56. The van der Waals surface area contributed by atoms with Crippen LogP contribution in [0.1, 0.15) is 11.3 Å². The molecule has 5 heteroatoms. The third-order valence-corrected chi connectivity index (χ3v) is 2.78. The molecule has 1 aromatic carbocycles. The molecule has 0 aliphatic heterocycles. The van der Waals surface area contributed by atoms with Gasteiger partial charge in [0, 0.05) is 10.0 Å². The highest BCUT2D eigenvalue weighted by Gasteiger charge is 1.99. The smallest absolute Gasteiger partial charge is 0.221 e. The summed E-state index contributed by atoms with van der Waals surface area (Å²) in [4.78, 5) is 4.06. The SMILES string of the molecule is Cc1cn(N=Cc2ccccc2Br)c(N)n1. The summed E-state index contributed by atoms with van der Waals surface area (Å²) < 4.78 is 2.54. The van der Waals surface area contributed by atoms with E-state index in [0.29, 0.717) is 5.95 Å². The second-order valence-corrected chi connectivity index (χ2v) is 4.21. The Kier molecular flexibility index (Phi) is 3.05. The van der Waals surface area contributed by atoms with E-state index >= 15 is 0 Å². The Bertz CT molecular complexity index is 531. The van der Waals surface area contributed by atoms with Crippen molar-refractivity contribution >= 4 is 28.1 Å². The van der Waals surface area contributed by atoms with Crippen LogP contribution in [0.4, 0.5) is 5.95 Å². The third kappa shape index (κ3) is 2.30. The van der Waals surface area contributed by atoms with Crippen molar-refractivity contribution in [1.82, 2.24) is 9.66 Å². The zero-order chi connectivity index (χ0) is 11.5. The largest absolute Gasteiger partial charge is 0.368 e. The zero-order valence-corrected chi connectivity index (χ0v) is 10.3. The number of anilines is 1. The van der Waals surface area contributed by atoms with Crippen LogP contribution in [0, 0.1) is 6.92 Å². The average molecular weight is 279 g/mol. The molecule has 2 aromatic rings. The maximum atomic E-state index is 5.67. The van der Waals surface area contributed by atoms with Crippen LogP contribution in [0.15, 0.2) is 40.0 Å². The number of nitrogens with zero attached hydrogens (tertiary/aromatic N) is 3. The van der Waals surface area contributed by atoms with Crippen molar-refractivity contribution in [3.8, 4) is 0 Å². The Labute approximate surface area is 102 Å². The monoisotopic (exact) mass is 278 g/mol. The molecule has 0 saturated carbocycles. The van der Waals surface area contributed by atoms with E-state index in [9.17, 15) is 0 Å². The van der Waals surface area contributed by atoms with Crippen molar-refractivity contribution < 1.29 is 0 Å². The van der Waals surface area contributed by atoms with Crippen LogP contribution in [0.2, 0.25) is 0 Å². The predicted octanol–water partition coefficient (Wildman–Crippen LogP) is 2.42. The molecule has 0 spiro atoms. The fourth-order valence-electron chi connectivity index (χ4n) is 1.30. The van der Waals surface area contributed by atoms with Gasteiger partial charge in [-0.3, -0.25) is 0 Å². The van der Waals surface area contributed by atoms with Crippen LogP contribution in [0.5, 0.6) is 0 Å². The number of benzene rings is 1. The van der Waals surface area contributed by atoms with Gasteiger partial charge in [0.15, 0.2) is 0 Å². The highest BCUT2D eigenvalue weighted by molar-refractivity contribution is 9.10. The number of nitrogen functional groups attached to an aromatic ring is 1. The van der Waals surface area contributed by atoms with Crippen LogP contribution in [-0.2, 0) is 0 Å². The number of aromatic nitrogens is 2. The van der Waals surface area contributed by atoms with Crippen molar-refractivity contribution in [2.75, 3.05) is 5.73 Å². The highest BCUT2D eigenvalue weighted by atomic mass is 79.9. The van der Waals surface area contributed by atoms with Gasteiger partial charge in [0.2, 0.25) is 5.95 Å². The number of rotatable bonds is 2. The first-order valence-electron chi connectivity index (χ1n) is 4.77. The van der Waals surface area contributed by atoms with Gasteiger partial charge in [0.1, 0.15) is 0 Å². The lowest BCUT2D eigenvalue weighted by Gasteiger charge is -1.97. The Hall–Kier alpha value is -1.62. The Morgan fingerprint density at radius 3 is 2.81 bits per heavy atom. The van der Waals surface area contributed by atoms with Gasteiger partial charge in [-0.05, 0) is 13.0 Å². The highest BCUT2D eigenvalue weighted by Crippen LogP contribution is 2.13. The molecule has 0 aliphatic carbocycles. The fourth-order valence-corrected chi connectivity index (χ4v) is 1.69. The molecule has 1 heterocycles. The molecule has 0 atom stereocenters. The molecule has 0 radical (unpaired) electrons. The number of nitrogens with two attached hydrogens (primary N) is 1. The van der Waals surface area contributed by atoms with Gasteiger partial charge in [0.05, 0.1) is 18.1 Å². The number of hydrogen-bond acceptors (Lipinski definition) is 3. The molecule has 2 rings (SSSR count). The Balaban J connectivity index is 2.28. The molecule has 0 fully saturated rings. The summed E-state index contributed by atoms with van der Waals surface area (Å²) in [5.74, 6) is 0.390. The molecular formula is C11H11BrN4. The van der Waals surface area contributed by atoms with Crippen LogP contribution < -0.4 is 5.73 Å². The quantitative estimate of drug-likeness (QED) is 0.858. The van der Waals surface area contributed by atoms with Crippen LogP contribution in [0.25, 0.3) is 0 Å². The summed E-state index contributed by atoms with van der Waals surface area (Å²) in [5.41, 5.74) is 7.51. The van der Waals surface area contributed by atoms with E-state index < -0.39 is 0 Å². The second kappa shape index (κ2) is 4.49. The van der Waals surface area contributed by atoms with E-state index in [-0.39, 0.29) is 0 Å². The van der Waals surface area contributed by atoms with Gasteiger partial charge in [0.25, 0.3) is 0 Å². The molecule has 0 saturated heterocycles. The van der Waals surface area contributed by atoms with Crippen LogP contribution >= 0.6 is 15.9 Å². The topological polar surface area (TPSA) is 56.2 Å². The first-order chi connectivity index (χ1) is 7.66. The Morgan fingerprint density at radius 1 is 1.44 bits per heavy atom. The minimum absolute atomic E-state index is 0.390. The lowest BCUT2D eigenvalue weighted by atomic mass is 10.2. The summed E-state index contributed by atoms with van der Waals surface area (Å²) in [7, 11) is 0. The maximum Gasteiger partial charge on any atom is 0.221 e. The van der Waals surface area contributed by atoms with Gasteiger partial charge in [-0.2, -0.15) is 5.10 Å². The molecule has 1 aromatic heterocycles. The standard InChI is InChI=1S/C11H11BrN4/c1-8-7-16(11(13)15-8)14-6-9-4-2-3-5-10(9)12/h2-7H,1H3,(H2,13,15). The molecular weight excluding hydrogens is 268 g/mol. The van der Waals surface area contributed by atoms with Gasteiger partial charge in [-0.1, -0.05) is 34.1 Å². The van der Waals surface area contributed by atoms with Gasteiger partial charge < -0.3 is 5.73 Å². The van der Waals surface area contributed by atoms with Crippen molar-refractivity contribution in [2.24, 2.45) is 5.10 Å². The fraction of sp³-hybridized carbons (Fsp3) is 0.0909. The van der Waals surface area contributed by atoms with Gasteiger partial charge >= 0.3 is 0 Å². The molecule has 0 unspecified atom stereocenters. The lowest BCUT2D eigenvalue weighted by molar-refractivity contribution is 0.897. The average Bonchev–Trinajstić information content (AvgIpc) is 2.56. The van der Waals surface area contributed by atoms with Crippen molar-refractivity contribution in [2.45, 2.75) is 6.92 Å². The van der Waals surface area contributed by atoms with Gasteiger partial charge in [-0.15, -0.1) is 0 Å². The van der Waals surface area contributed by atoms with E-state index in [1.165, 1.54) is 0 Å². The Morgan fingerprint density at radius 2 is 2.19 bits per heavy atom. The second-order valence-electron chi connectivity index (χ2n) is 3.35. The van der Waals surface area contributed by atoms with E-state index in [4.69, 9.17) is 5.73 Å². The molecule has 82 valence electrons. The number of aryl methyl sites for hydroxylation is 1. The van der Waals surface area contributed by atoms with Crippen molar-refractivity contribution in [1.29, 1.82) is 0 Å². The lowest BCUT2D eigenvalue weighted by Crippen LogP contribution is -1.97. The van der Waals surface area contributed by atoms with E-state index in [0.717, 1.165) is 15.7 Å². The van der Waals surface area contributed by atoms with Crippen molar-refractivity contribution in [3.63, 3.8) is 0 Å². The maximum absolute atomic E-state index is 5.67. The normalized spacial score (nSPS) is 11.1. The summed E-state index contributed by atoms with van der Waals surface area (Å²) in [6.45, 7) is 1.88. The van der Waals surface area contributed by atoms with E-state index in [2.05, 4.69) is 26.0 Å². The molecule has 0 aliphatic rings. The molecule has 2 N–H and O–H groups in total. The van der Waals surface area contributed by atoms with Crippen molar-refractivity contribution in [3.05, 3.63) is 46.2 Å². The van der Waals surface area contributed by atoms with Gasteiger partial charge in [-0.25, -0.2) is 9.66 Å². The molecule has 0 amide bonds. The molecule has 0 bridgehead atoms. The predicted molar refractivity (Wildman–Crippen MR) is 68.5 cm³/mol. The minimum atomic E-state index is 0.390. The summed E-state index contributed by atoms with van der Waals surface area (Å²) in [6, 6.07) is 7.84. The van der Waals surface area contributed by atoms with E-state index in [1.54, 1.807) is 17.1 Å². The van der Waals surface area contributed by atoms with E-state index in [1.807, 2.05) is 31.2 Å². The minimum Gasteiger partial charge on any atom is -0.368 e. The summed E-state index contributed by atoms with van der Waals surface area (Å²) in [6.07, 6.45) is 3.52. The van der Waals surface area contributed by atoms with Crippen LogP contribution in [0.3, 0.4) is 0 Å². The molecule has 16 heavy (non-hydrogen) atoms. The van der Waals surface area contributed by atoms with Crippen LogP contribution in [-0.4, -0.2) is 15.9 Å². The first kappa shape index (κ1) is 10.9.